The third kappa shape index (κ3) is 2.74. The Morgan fingerprint density at radius 1 is 1.19 bits per heavy atom. The molecule has 1 heterocycles. The summed E-state index contributed by atoms with van der Waals surface area (Å²) < 4.78 is 0.394. The first-order chi connectivity index (χ1) is 7.79. The highest BCUT2D eigenvalue weighted by atomic mass is 32.2. The fraction of sp³-hybridized carbons (Fsp3) is 1.00. The van der Waals surface area contributed by atoms with Crippen LogP contribution in [0.3, 0.4) is 0 Å². The molecule has 0 atom stereocenters. The molecule has 0 bridgehead atoms. The number of nitrogens with zero attached hydrogens (tertiary/aromatic N) is 1. The normalized spacial score (nSPS) is 28.1. The molecule has 0 radical (unpaired) electrons. The van der Waals surface area contributed by atoms with Crippen molar-refractivity contribution in [3.05, 3.63) is 0 Å². The zero-order valence-electron chi connectivity index (χ0n) is 10.6. The van der Waals surface area contributed by atoms with Gasteiger partial charge in [-0.2, -0.15) is 11.8 Å². The van der Waals surface area contributed by atoms with Crippen molar-refractivity contribution in [1.82, 2.24) is 4.90 Å². The minimum absolute atomic E-state index is 0.394. The molecule has 2 N–H and O–H groups in total. The summed E-state index contributed by atoms with van der Waals surface area (Å²) >= 11 is 1.99. The van der Waals surface area contributed by atoms with E-state index in [4.69, 9.17) is 5.73 Å². The number of nitrogens with two attached hydrogens (primary N) is 1. The standard InChI is InChI=1S/C13H26N2S/c1-16-13(11-14)7-9-15(10-8-13)12-5-3-2-4-6-12/h12H,2-11,14H2,1H3. The largest absolute Gasteiger partial charge is 0.329 e. The molecule has 94 valence electrons. The highest BCUT2D eigenvalue weighted by Crippen LogP contribution is 2.35. The van der Waals surface area contributed by atoms with Crippen LogP contribution in [0, 0.1) is 0 Å². The van der Waals surface area contributed by atoms with Crippen molar-refractivity contribution in [2.75, 3.05) is 25.9 Å². The van der Waals surface area contributed by atoms with E-state index in [1.165, 1.54) is 58.0 Å². The van der Waals surface area contributed by atoms with E-state index in [2.05, 4.69) is 11.2 Å². The molecule has 1 aliphatic carbocycles. The molecular formula is C13H26N2S. The van der Waals surface area contributed by atoms with Gasteiger partial charge in [-0.15, -0.1) is 0 Å². The summed E-state index contributed by atoms with van der Waals surface area (Å²) in [4.78, 5) is 2.74. The van der Waals surface area contributed by atoms with Gasteiger partial charge in [-0.25, -0.2) is 0 Å². The summed E-state index contributed by atoms with van der Waals surface area (Å²) in [7, 11) is 0. The summed E-state index contributed by atoms with van der Waals surface area (Å²) in [5.41, 5.74) is 5.93. The smallest absolute Gasteiger partial charge is 0.0303 e. The maximum absolute atomic E-state index is 5.93. The van der Waals surface area contributed by atoms with Crippen molar-refractivity contribution >= 4 is 11.8 Å². The maximum Gasteiger partial charge on any atom is 0.0303 e. The molecule has 3 heteroatoms. The van der Waals surface area contributed by atoms with Gasteiger partial charge in [0.2, 0.25) is 0 Å². The van der Waals surface area contributed by atoms with Crippen molar-refractivity contribution in [3.8, 4) is 0 Å². The van der Waals surface area contributed by atoms with Gasteiger partial charge in [0.25, 0.3) is 0 Å². The maximum atomic E-state index is 5.93. The molecule has 1 saturated carbocycles. The Morgan fingerprint density at radius 3 is 2.31 bits per heavy atom. The predicted octanol–water partition coefficient (Wildman–Crippen LogP) is 2.48. The monoisotopic (exact) mass is 242 g/mol. The Hall–Kier alpha value is 0.270. The number of piperidine rings is 1. The molecule has 2 nitrogen and oxygen atoms in total. The van der Waals surface area contributed by atoms with Gasteiger partial charge in [-0.3, -0.25) is 0 Å². The second-order valence-corrected chi connectivity index (χ2v) is 6.69. The van der Waals surface area contributed by atoms with Crippen LogP contribution in [-0.2, 0) is 0 Å². The SMILES string of the molecule is CSC1(CN)CCN(C2CCCCC2)CC1. The minimum Gasteiger partial charge on any atom is -0.329 e. The van der Waals surface area contributed by atoms with E-state index < -0.39 is 0 Å². The van der Waals surface area contributed by atoms with E-state index in [0.29, 0.717) is 4.75 Å². The van der Waals surface area contributed by atoms with Gasteiger partial charge in [-0.1, -0.05) is 19.3 Å². The second kappa shape index (κ2) is 5.74. The molecule has 0 aromatic carbocycles. The summed E-state index contributed by atoms with van der Waals surface area (Å²) in [6.45, 7) is 3.41. The van der Waals surface area contributed by atoms with Gasteiger partial charge in [0.1, 0.15) is 0 Å². The molecule has 2 rings (SSSR count). The summed E-state index contributed by atoms with van der Waals surface area (Å²) in [5.74, 6) is 0. The lowest BCUT2D eigenvalue weighted by Gasteiger charge is -2.44. The molecule has 0 unspecified atom stereocenters. The fourth-order valence-electron chi connectivity index (χ4n) is 3.23. The zero-order chi connectivity index (χ0) is 11.4. The summed E-state index contributed by atoms with van der Waals surface area (Å²) in [6.07, 6.45) is 12.1. The Morgan fingerprint density at radius 2 is 1.81 bits per heavy atom. The van der Waals surface area contributed by atoms with Crippen LogP contribution in [0.2, 0.25) is 0 Å². The van der Waals surface area contributed by atoms with E-state index >= 15 is 0 Å². The average Bonchev–Trinajstić information content (AvgIpc) is 2.40. The summed E-state index contributed by atoms with van der Waals surface area (Å²) in [6, 6.07) is 0.895. The lowest BCUT2D eigenvalue weighted by molar-refractivity contribution is 0.117. The summed E-state index contributed by atoms with van der Waals surface area (Å²) in [5, 5.41) is 0. The van der Waals surface area contributed by atoms with E-state index in [1.807, 2.05) is 11.8 Å². The third-order valence-corrected chi connectivity index (χ3v) is 6.05. The van der Waals surface area contributed by atoms with Crippen molar-refractivity contribution in [2.24, 2.45) is 5.73 Å². The van der Waals surface area contributed by atoms with Crippen LogP contribution in [0.15, 0.2) is 0 Å². The Labute approximate surface area is 104 Å². The number of thioether (sulfide) groups is 1. The Bertz CT molecular complexity index is 200. The first-order valence-electron chi connectivity index (χ1n) is 6.79. The first kappa shape index (κ1) is 12.7. The average molecular weight is 242 g/mol. The minimum atomic E-state index is 0.394. The van der Waals surface area contributed by atoms with E-state index in [9.17, 15) is 0 Å². The van der Waals surface area contributed by atoms with Gasteiger partial charge in [0.15, 0.2) is 0 Å². The van der Waals surface area contributed by atoms with Crippen LogP contribution in [0.4, 0.5) is 0 Å². The van der Waals surface area contributed by atoms with Gasteiger partial charge in [0.05, 0.1) is 0 Å². The third-order valence-electron chi connectivity index (χ3n) is 4.61. The number of hydrogen-bond acceptors (Lipinski definition) is 3. The van der Waals surface area contributed by atoms with E-state index in [1.54, 1.807) is 0 Å². The first-order valence-corrected chi connectivity index (χ1v) is 8.01. The quantitative estimate of drug-likeness (QED) is 0.824. The van der Waals surface area contributed by atoms with Crippen LogP contribution < -0.4 is 5.73 Å². The topological polar surface area (TPSA) is 29.3 Å². The Balaban J connectivity index is 1.84. The highest BCUT2D eigenvalue weighted by Gasteiger charge is 2.34. The van der Waals surface area contributed by atoms with Crippen LogP contribution in [0.1, 0.15) is 44.9 Å². The van der Waals surface area contributed by atoms with Crippen LogP contribution >= 0.6 is 11.8 Å². The van der Waals surface area contributed by atoms with E-state index in [-0.39, 0.29) is 0 Å². The number of hydrogen-bond donors (Lipinski definition) is 1. The fourth-order valence-corrected chi connectivity index (χ4v) is 3.99. The molecule has 16 heavy (non-hydrogen) atoms. The second-order valence-electron chi connectivity index (χ2n) is 5.42. The van der Waals surface area contributed by atoms with E-state index in [0.717, 1.165) is 12.6 Å². The molecule has 0 amide bonds. The molecule has 1 aliphatic heterocycles. The lowest BCUT2D eigenvalue weighted by Crippen LogP contribution is -2.50. The van der Waals surface area contributed by atoms with Gasteiger partial charge >= 0.3 is 0 Å². The number of likely N-dealkylation sites (tertiary alicyclic amines) is 1. The van der Waals surface area contributed by atoms with Crippen LogP contribution in [-0.4, -0.2) is 41.6 Å². The van der Waals surface area contributed by atoms with Crippen LogP contribution in [0.5, 0.6) is 0 Å². The van der Waals surface area contributed by atoms with Crippen molar-refractivity contribution in [3.63, 3.8) is 0 Å². The van der Waals surface area contributed by atoms with Gasteiger partial charge < -0.3 is 10.6 Å². The molecular weight excluding hydrogens is 216 g/mol. The van der Waals surface area contributed by atoms with Gasteiger partial charge in [0, 0.05) is 17.3 Å². The van der Waals surface area contributed by atoms with Crippen molar-refractivity contribution in [2.45, 2.75) is 55.7 Å². The molecule has 1 saturated heterocycles. The van der Waals surface area contributed by atoms with Crippen molar-refractivity contribution < 1.29 is 0 Å². The predicted molar refractivity (Wildman–Crippen MR) is 73.0 cm³/mol. The molecule has 0 aromatic rings. The van der Waals surface area contributed by atoms with Crippen molar-refractivity contribution in [1.29, 1.82) is 0 Å². The highest BCUT2D eigenvalue weighted by molar-refractivity contribution is 8.00. The molecule has 2 aliphatic rings. The number of rotatable bonds is 3. The van der Waals surface area contributed by atoms with Gasteiger partial charge in [-0.05, 0) is 45.0 Å². The molecule has 0 spiro atoms. The zero-order valence-corrected chi connectivity index (χ0v) is 11.4. The Kier molecular flexibility index (Phi) is 4.57. The lowest BCUT2D eigenvalue weighted by atomic mass is 9.90. The molecule has 0 aromatic heterocycles. The molecule has 2 fully saturated rings. The van der Waals surface area contributed by atoms with Crippen LogP contribution in [0.25, 0.3) is 0 Å².